The minimum absolute atomic E-state index is 0.244. The molecule has 4 atom stereocenters. The maximum atomic E-state index is 6.12. The van der Waals surface area contributed by atoms with E-state index in [0.717, 1.165) is 11.3 Å². The molecule has 2 N–H and O–H groups in total. The molecule has 3 rings (SSSR count). The summed E-state index contributed by atoms with van der Waals surface area (Å²) in [6.45, 7) is 8.76. The SMILES string of the molecule is COc1ccc(COC[C@@H]2OC(C)(C)O[C@H]2[C@H]2OC(C)(C)O[C@@H]2CN)cc1. The van der Waals surface area contributed by atoms with Crippen molar-refractivity contribution in [2.75, 3.05) is 20.3 Å². The average molecular weight is 381 g/mol. The van der Waals surface area contributed by atoms with Gasteiger partial charge < -0.3 is 34.2 Å². The first-order chi connectivity index (χ1) is 12.7. The molecular formula is C20H31NO6. The third-order valence-electron chi connectivity index (χ3n) is 4.71. The van der Waals surface area contributed by atoms with E-state index in [-0.39, 0.29) is 24.4 Å². The van der Waals surface area contributed by atoms with Crippen LogP contribution >= 0.6 is 0 Å². The van der Waals surface area contributed by atoms with Crippen LogP contribution in [0.3, 0.4) is 0 Å². The minimum atomic E-state index is -0.714. The monoisotopic (exact) mass is 381 g/mol. The van der Waals surface area contributed by atoms with Crippen LogP contribution in [0.1, 0.15) is 33.3 Å². The third kappa shape index (κ3) is 4.99. The van der Waals surface area contributed by atoms with E-state index >= 15 is 0 Å². The fourth-order valence-corrected chi connectivity index (χ4v) is 3.61. The molecule has 2 heterocycles. The van der Waals surface area contributed by atoms with Gasteiger partial charge in [0.05, 0.1) is 20.3 Å². The second kappa shape index (κ2) is 8.03. The Bertz CT molecular complexity index is 617. The highest BCUT2D eigenvalue weighted by molar-refractivity contribution is 5.26. The van der Waals surface area contributed by atoms with Crippen LogP contribution < -0.4 is 10.5 Å². The molecular weight excluding hydrogens is 350 g/mol. The van der Waals surface area contributed by atoms with Crippen LogP contribution in [0.25, 0.3) is 0 Å². The number of methoxy groups -OCH3 is 1. The van der Waals surface area contributed by atoms with Gasteiger partial charge in [-0.05, 0) is 45.4 Å². The van der Waals surface area contributed by atoms with Crippen molar-refractivity contribution in [2.45, 2.75) is 70.3 Å². The van der Waals surface area contributed by atoms with E-state index in [0.29, 0.717) is 19.8 Å². The molecule has 2 aliphatic rings. The van der Waals surface area contributed by atoms with Gasteiger partial charge >= 0.3 is 0 Å². The van der Waals surface area contributed by atoms with E-state index in [1.54, 1.807) is 7.11 Å². The molecule has 2 fully saturated rings. The van der Waals surface area contributed by atoms with Gasteiger partial charge in [-0.25, -0.2) is 0 Å². The first-order valence-corrected chi connectivity index (χ1v) is 9.35. The van der Waals surface area contributed by atoms with Crippen molar-refractivity contribution >= 4 is 0 Å². The minimum Gasteiger partial charge on any atom is -0.497 e. The summed E-state index contributed by atoms with van der Waals surface area (Å²) in [5, 5.41) is 0. The summed E-state index contributed by atoms with van der Waals surface area (Å²) >= 11 is 0. The topological polar surface area (TPSA) is 81.4 Å². The van der Waals surface area contributed by atoms with Gasteiger partial charge in [0.1, 0.15) is 30.2 Å². The van der Waals surface area contributed by atoms with Crippen LogP contribution in [0.4, 0.5) is 0 Å². The number of nitrogens with two attached hydrogens (primary N) is 1. The van der Waals surface area contributed by atoms with Crippen LogP contribution in [-0.4, -0.2) is 56.3 Å². The predicted octanol–water partition coefficient (Wildman–Crippen LogP) is 2.21. The highest BCUT2D eigenvalue weighted by Gasteiger charge is 2.53. The standard InChI is InChI=1S/C20H31NO6/c1-19(2)24-15(10-21)17(26-19)18-16(25-20(3,4)27-18)12-23-11-13-6-8-14(22-5)9-7-13/h6-9,15-18H,10-12,21H2,1-5H3/t15-,16+,17+,18-/m1/s1. The number of rotatable bonds is 7. The van der Waals surface area contributed by atoms with Gasteiger partial charge in [-0.15, -0.1) is 0 Å². The van der Waals surface area contributed by atoms with Gasteiger partial charge in [0.25, 0.3) is 0 Å². The van der Waals surface area contributed by atoms with Gasteiger partial charge in [-0.1, -0.05) is 12.1 Å². The van der Waals surface area contributed by atoms with Gasteiger partial charge in [0.2, 0.25) is 0 Å². The Labute approximate surface area is 161 Å². The Kier molecular flexibility index (Phi) is 6.10. The average Bonchev–Trinajstić information content (AvgIpc) is 3.10. The normalized spacial score (nSPS) is 31.9. The molecule has 0 saturated carbocycles. The Morgan fingerprint density at radius 2 is 1.44 bits per heavy atom. The maximum Gasteiger partial charge on any atom is 0.164 e. The first-order valence-electron chi connectivity index (χ1n) is 9.35. The summed E-state index contributed by atoms with van der Waals surface area (Å²) in [5.41, 5.74) is 6.94. The van der Waals surface area contributed by atoms with Crippen molar-refractivity contribution in [3.8, 4) is 5.75 Å². The van der Waals surface area contributed by atoms with Gasteiger partial charge in [-0.3, -0.25) is 0 Å². The zero-order valence-corrected chi connectivity index (χ0v) is 16.8. The lowest BCUT2D eigenvalue weighted by molar-refractivity contribution is -0.175. The Morgan fingerprint density at radius 1 is 0.889 bits per heavy atom. The Hall–Kier alpha value is -1.22. The largest absolute Gasteiger partial charge is 0.497 e. The fraction of sp³-hybridized carbons (Fsp3) is 0.700. The molecule has 0 unspecified atom stereocenters. The van der Waals surface area contributed by atoms with Crippen molar-refractivity contribution in [2.24, 2.45) is 5.73 Å². The molecule has 152 valence electrons. The first kappa shape index (κ1) is 20.5. The summed E-state index contributed by atoms with van der Waals surface area (Å²) in [7, 11) is 1.65. The van der Waals surface area contributed by atoms with E-state index in [1.807, 2.05) is 52.0 Å². The second-order valence-corrected chi connectivity index (χ2v) is 7.88. The zero-order chi connectivity index (χ0) is 19.7. The fourth-order valence-electron chi connectivity index (χ4n) is 3.61. The molecule has 0 amide bonds. The van der Waals surface area contributed by atoms with Crippen molar-refractivity contribution < 1.29 is 28.4 Å². The maximum absolute atomic E-state index is 6.12. The second-order valence-electron chi connectivity index (χ2n) is 7.88. The van der Waals surface area contributed by atoms with Crippen LogP contribution in [-0.2, 0) is 30.3 Å². The van der Waals surface area contributed by atoms with E-state index < -0.39 is 11.6 Å². The van der Waals surface area contributed by atoms with Crippen LogP contribution in [0, 0.1) is 0 Å². The van der Waals surface area contributed by atoms with Crippen LogP contribution in [0.5, 0.6) is 5.75 Å². The van der Waals surface area contributed by atoms with E-state index in [1.165, 1.54) is 0 Å². The molecule has 0 radical (unpaired) electrons. The molecule has 27 heavy (non-hydrogen) atoms. The van der Waals surface area contributed by atoms with Crippen molar-refractivity contribution in [3.05, 3.63) is 29.8 Å². The lowest BCUT2D eigenvalue weighted by atomic mass is 10.0. The van der Waals surface area contributed by atoms with Gasteiger partial charge in [-0.2, -0.15) is 0 Å². The van der Waals surface area contributed by atoms with Crippen LogP contribution in [0.15, 0.2) is 24.3 Å². The molecule has 7 heteroatoms. The molecule has 2 saturated heterocycles. The van der Waals surface area contributed by atoms with E-state index in [9.17, 15) is 0 Å². The van der Waals surface area contributed by atoms with E-state index in [2.05, 4.69) is 0 Å². The van der Waals surface area contributed by atoms with Crippen molar-refractivity contribution in [1.29, 1.82) is 0 Å². The molecule has 0 spiro atoms. The molecule has 7 nitrogen and oxygen atoms in total. The lowest BCUT2D eigenvalue weighted by Gasteiger charge is -2.25. The molecule has 0 aliphatic carbocycles. The third-order valence-corrected chi connectivity index (χ3v) is 4.71. The molecule has 1 aromatic carbocycles. The summed E-state index contributed by atoms with van der Waals surface area (Å²) in [6, 6.07) is 7.79. The molecule has 2 aliphatic heterocycles. The summed E-state index contributed by atoms with van der Waals surface area (Å²) in [6.07, 6.45) is -1.13. The Balaban J connectivity index is 1.61. The molecule has 0 bridgehead atoms. The highest BCUT2D eigenvalue weighted by Crippen LogP contribution is 2.38. The molecule has 0 aromatic heterocycles. The van der Waals surface area contributed by atoms with Gasteiger partial charge in [0, 0.05) is 6.54 Å². The molecule has 1 aromatic rings. The van der Waals surface area contributed by atoms with Crippen LogP contribution in [0.2, 0.25) is 0 Å². The Morgan fingerprint density at radius 3 is 2.00 bits per heavy atom. The van der Waals surface area contributed by atoms with E-state index in [4.69, 9.17) is 34.2 Å². The van der Waals surface area contributed by atoms with Crippen molar-refractivity contribution in [3.63, 3.8) is 0 Å². The summed E-state index contributed by atoms with van der Waals surface area (Å²) < 4.78 is 35.2. The lowest BCUT2D eigenvalue weighted by Crippen LogP contribution is -2.45. The van der Waals surface area contributed by atoms with Gasteiger partial charge in [0.15, 0.2) is 11.6 Å². The number of hydrogen-bond donors (Lipinski definition) is 1. The summed E-state index contributed by atoms with van der Waals surface area (Å²) in [5.74, 6) is -0.588. The number of hydrogen-bond acceptors (Lipinski definition) is 7. The van der Waals surface area contributed by atoms with Crippen molar-refractivity contribution in [1.82, 2.24) is 0 Å². The number of benzene rings is 1. The smallest absolute Gasteiger partial charge is 0.164 e. The predicted molar refractivity (Wildman–Crippen MR) is 99.4 cm³/mol. The quantitative estimate of drug-likeness (QED) is 0.775. The number of ether oxygens (including phenoxy) is 6. The highest BCUT2D eigenvalue weighted by atomic mass is 16.8. The zero-order valence-electron chi connectivity index (χ0n) is 16.8. The summed E-state index contributed by atoms with van der Waals surface area (Å²) in [4.78, 5) is 0.